The molecule has 0 unspecified atom stereocenters. The first kappa shape index (κ1) is 33.9. The fourth-order valence-corrected chi connectivity index (χ4v) is 4.43. The Hall–Kier alpha value is -2.59. The van der Waals surface area contributed by atoms with Crippen molar-refractivity contribution >= 4 is 0 Å². The van der Waals surface area contributed by atoms with Crippen LogP contribution in [0.3, 0.4) is 0 Å². The Morgan fingerprint density at radius 2 is 0.810 bits per heavy atom. The van der Waals surface area contributed by atoms with E-state index in [1.165, 1.54) is 11.1 Å². The molecule has 0 aliphatic heterocycles. The summed E-state index contributed by atoms with van der Waals surface area (Å²) >= 11 is 0. The van der Waals surface area contributed by atoms with Crippen LogP contribution in [0.15, 0.2) is 36.4 Å². The molecule has 6 nitrogen and oxygen atoms in total. The van der Waals surface area contributed by atoms with Crippen molar-refractivity contribution in [3.8, 4) is 11.6 Å². The molecule has 4 aromatic heterocycles. The van der Waals surface area contributed by atoms with E-state index in [1.54, 1.807) is 9.36 Å². The minimum Gasteiger partial charge on any atom is -0.343 e. The van der Waals surface area contributed by atoms with Gasteiger partial charge in [-0.05, 0) is 70.2 Å². The van der Waals surface area contributed by atoms with Gasteiger partial charge < -0.3 is 9.36 Å². The van der Waals surface area contributed by atoms with Crippen molar-refractivity contribution in [2.45, 2.75) is 124 Å². The first-order valence-electron chi connectivity index (χ1n) is 14.6. The summed E-state index contributed by atoms with van der Waals surface area (Å²) in [5.74, 6) is 1.52. The molecule has 0 atom stereocenters. The number of aromatic nitrogens is 6. The molecule has 0 aliphatic rings. The summed E-state index contributed by atoms with van der Waals surface area (Å²) in [6.45, 7) is 30.7. The molecular weight excluding hydrogens is 700 g/mol. The van der Waals surface area contributed by atoms with Gasteiger partial charge in [0.05, 0.1) is 11.6 Å². The van der Waals surface area contributed by atoms with Crippen LogP contribution in [0, 0.1) is 12.4 Å². The number of pyridine rings is 2. The summed E-state index contributed by atoms with van der Waals surface area (Å²) in [6.07, 6.45) is 6.62. The van der Waals surface area contributed by atoms with Crippen molar-refractivity contribution in [2.75, 3.05) is 0 Å². The number of hydrogen-bond donors (Lipinski definition) is 0. The van der Waals surface area contributed by atoms with Gasteiger partial charge in [0.2, 0.25) is 0 Å². The van der Waals surface area contributed by atoms with Crippen molar-refractivity contribution in [1.29, 1.82) is 0 Å². The molecular formula is C35H48N6Pt. The average Bonchev–Trinajstić information content (AvgIpc) is 3.53. The zero-order chi connectivity index (χ0) is 30.8. The van der Waals surface area contributed by atoms with E-state index in [0.717, 1.165) is 34.4 Å². The first-order chi connectivity index (χ1) is 18.6. The van der Waals surface area contributed by atoms with Crippen LogP contribution in [-0.4, -0.2) is 29.5 Å². The number of rotatable bonds is 4. The van der Waals surface area contributed by atoms with Crippen LogP contribution in [0.25, 0.3) is 11.6 Å². The minimum absolute atomic E-state index is 0. The topological polar surface area (TPSA) is 61.4 Å². The second-order valence-electron chi connectivity index (χ2n) is 16.0. The molecule has 0 aromatic carbocycles. The Morgan fingerprint density at radius 1 is 0.476 bits per heavy atom. The van der Waals surface area contributed by atoms with Gasteiger partial charge in [-0.3, -0.25) is 20.2 Å². The SMILES string of the molecule is CC(C)(C)c1cc(-n2[c-]cc(C(C)(C)C)n2)nc(C(C)(C)c2cc(C(C)(C)C)cc(-n3[c-]cc(C(C)(C)C)n3)n2)c1.[Pt+2]. The smallest absolute Gasteiger partial charge is 0.343 e. The van der Waals surface area contributed by atoms with Crippen molar-refractivity contribution in [2.24, 2.45) is 0 Å². The molecule has 0 saturated heterocycles. The minimum atomic E-state index is -0.508. The normalized spacial score (nSPS) is 13.3. The molecule has 0 bridgehead atoms. The van der Waals surface area contributed by atoms with Gasteiger partial charge in [0.25, 0.3) is 0 Å². The average molecular weight is 748 g/mol. The van der Waals surface area contributed by atoms with Gasteiger partial charge in [-0.2, -0.15) is 0 Å². The first-order valence-corrected chi connectivity index (χ1v) is 14.6. The second-order valence-corrected chi connectivity index (χ2v) is 16.0. The third-order valence-electron chi connectivity index (χ3n) is 7.67. The molecule has 42 heavy (non-hydrogen) atoms. The largest absolute Gasteiger partial charge is 2.00 e. The van der Waals surface area contributed by atoms with Gasteiger partial charge in [-0.15, -0.1) is 12.1 Å². The quantitative estimate of drug-likeness (QED) is 0.199. The van der Waals surface area contributed by atoms with E-state index in [1.807, 2.05) is 12.1 Å². The van der Waals surface area contributed by atoms with Gasteiger partial charge >= 0.3 is 21.1 Å². The molecule has 4 rings (SSSR count). The molecule has 0 saturated carbocycles. The van der Waals surface area contributed by atoms with E-state index in [-0.39, 0.29) is 42.7 Å². The van der Waals surface area contributed by atoms with Crippen molar-refractivity contribution in [1.82, 2.24) is 29.5 Å². The van der Waals surface area contributed by atoms with Gasteiger partial charge in [0.15, 0.2) is 0 Å². The van der Waals surface area contributed by atoms with E-state index >= 15 is 0 Å². The van der Waals surface area contributed by atoms with E-state index in [0.29, 0.717) is 0 Å². The van der Waals surface area contributed by atoms with E-state index in [9.17, 15) is 0 Å². The zero-order valence-electron chi connectivity index (χ0n) is 28.0. The van der Waals surface area contributed by atoms with Crippen molar-refractivity contribution in [3.05, 3.63) is 82.7 Å². The zero-order valence-corrected chi connectivity index (χ0v) is 30.2. The van der Waals surface area contributed by atoms with Crippen LogP contribution in [-0.2, 0) is 48.1 Å². The van der Waals surface area contributed by atoms with E-state index in [2.05, 4.69) is 134 Å². The summed E-state index contributed by atoms with van der Waals surface area (Å²) in [4.78, 5) is 10.4. The van der Waals surface area contributed by atoms with Gasteiger partial charge in [0.1, 0.15) is 0 Å². The van der Waals surface area contributed by atoms with Crippen LogP contribution in [0.5, 0.6) is 0 Å². The predicted octanol–water partition coefficient (Wildman–Crippen LogP) is 7.96. The van der Waals surface area contributed by atoms with E-state index in [4.69, 9.17) is 20.2 Å². The fraction of sp³-hybridized carbons (Fsp3) is 0.543. The monoisotopic (exact) mass is 747 g/mol. The Morgan fingerprint density at radius 3 is 1.07 bits per heavy atom. The summed E-state index contributed by atoms with van der Waals surface area (Å²) in [5.41, 5.74) is 5.39. The maximum atomic E-state index is 5.19. The molecule has 0 spiro atoms. The fourth-order valence-electron chi connectivity index (χ4n) is 4.43. The van der Waals surface area contributed by atoms with Gasteiger partial charge in [-0.1, -0.05) is 108 Å². The molecule has 7 heteroatoms. The summed E-state index contributed by atoms with van der Waals surface area (Å²) in [6, 6.07) is 12.6. The molecule has 4 aromatic rings. The Bertz CT molecular complexity index is 1430. The van der Waals surface area contributed by atoms with Crippen LogP contribution >= 0.6 is 0 Å². The molecule has 0 fully saturated rings. The molecule has 0 aliphatic carbocycles. The molecule has 228 valence electrons. The maximum absolute atomic E-state index is 5.19. The summed E-state index contributed by atoms with van der Waals surface area (Å²) < 4.78 is 3.57. The maximum Gasteiger partial charge on any atom is 2.00 e. The van der Waals surface area contributed by atoms with Crippen LogP contribution < -0.4 is 0 Å². The Labute approximate surface area is 268 Å². The molecule has 4 heterocycles. The van der Waals surface area contributed by atoms with Crippen LogP contribution in [0.4, 0.5) is 0 Å². The van der Waals surface area contributed by atoms with Crippen molar-refractivity contribution < 1.29 is 21.1 Å². The number of hydrogen-bond acceptors (Lipinski definition) is 4. The van der Waals surface area contributed by atoms with Crippen LogP contribution in [0.1, 0.15) is 131 Å². The Kier molecular flexibility index (Phi) is 9.01. The third-order valence-corrected chi connectivity index (χ3v) is 7.67. The van der Waals surface area contributed by atoms with Crippen molar-refractivity contribution in [3.63, 3.8) is 0 Å². The second kappa shape index (κ2) is 11.2. The van der Waals surface area contributed by atoms with E-state index < -0.39 is 5.41 Å². The summed E-state index contributed by atoms with van der Waals surface area (Å²) in [5, 5.41) is 9.72. The molecule has 0 radical (unpaired) electrons. The molecule has 0 N–H and O–H groups in total. The van der Waals surface area contributed by atoms with Gasteiger partial charge in [-0.25, -0.2) is 0 Å². The predicted molar refractivity (Wildman–Crippen MR) is 167 cm³/mol. The summed E-state index contributed by atoms with van der Waals surface area (Å²) in [7, 11) is 0. The third kappa shape index (κ3) is 7.13. The standard InChI is InChI=1S/C35H48N6.Pt/c1-31(2,3)23-19-27(36-29(21-23)40-17-15-25(38-40)33(7,8)9)35(13,14)28-20-24(32(4,5)6)22-30(37-28)41-18-16-26(39-41)34(10,11)12;/h15-16,19-22H,1-14H3;/q-2;+2. The van der Waals surface area contributed by atoms with Crippen LogP contribution in [0.2, 0.25) is 0 Å². The van der Waals surface area contributed by atoms with Gasteiger partial charge in [0, 0.05) is 16.8 Å². The Balaban J connectivity index is 0.00000484. The number of nitrogens with zero attached hydrogens (tertiary/aromatic N) is 6. The molecule has 0 amide bonds.